The van der Waals surface area contributed by atoms with E-state index in [1.165, 1.54) is 0 Å². The topological polar surface area (TPSA) is 114 Å². The number of alkyl carbamates (subject to hydrolysis) is 1. The van der Waals surface area contributed by atoms with Gasteiger partial charge in [-0.25, -0.2) is 9.36 Å². The van der Waals surface area contributed by atoms with Gasteiger partial charge in [0.1, 0.15) is 19.3 Å². The van der Waals surface area contributed by atoms with Crippen LogP contribution in [0.1, 0.15) is 19.3 Å². The van der Waals surface area contributed by atoms with Crippen LogP contribution in [-0.2, 0) is 18.3 Å². The molecule has 0 rings (SSSR count). The Kier molecular flexibility index (Phi) is 11.7. The second-order valence-electron chi connectivity index (χ2n) is 6.41. The van der Waals surface area contributed by atoms with Gasteiger partial charge in [0.25, 0.3) is 0 Å². The molecule has 0 saturated carbocycles. The number of ether oxygens (including phenoxy) is 1. The molecule has 0 radical (unpaired) electrons. The van der Waals surface area contributed by atoms with Gasteiger partial charge in [0.2, 0.25) is 0 Å². The molecule has 1 amide bonds. The number of unbranched alkanes of at least 4 members (excludes halogenated alkanes) is 1. The number of hydrogen-bond donors (Lipinski definition) is 3. The number of rotatable bonds is 13. The number of phosphoric acid groups is 1. The van der Waals surface area contributed by atoms with E-state index in [1.807, 2.05) is 21.1 Å². The first-order chi connectivity index (χ1) is 11.6. The quantitative estimate of drug-likeness (QED) is 0.186. The van der Waals surface area contributed by atoms with Gasteiger partial charge in [0, 0.05) is 0 Å². The van der Waals surface area contributed by atoms with Crippen LogP contribution in [0.2, 0.25) is 0 Å². The van der Waals surface area contributed by atoms with Gasteiger partial charge in [0.05, 0.1) is 40.9 Å². The Morgan fingerprint density at radius 3 is 2.48 bits per heavy atom. The van der Waals surface area contributed by atoms with E-state index in [-0.39, 0.29) is 26.4 Å². The van der Waals surface area contributed by atoms with E-state index >= 15 is 0 Å². The second-order valence-corrected chi connectivity index (χ2v) is 7.87. The average Bonchev–Trinajstić information content (AvgIpc) is 2.49. The van der Waals surface area contributed by atoms with Gasteiger partial charge >= 0.3 is 13.9 Å². The highest BCUT2D eigenvalue weighted by Crippen LogP contribution is 2.43. The van der Waals surface area contributed by atoms with Gasteiger partial charge in [-0.05, 0) is 19.3 Å². The van der Waals surface area contributed by atoms with Crippen LogP contribution < -0.4 is 5.32 Å². The van der Waals surface area contributed by atoms with Crippen LogP contribution in [0.25, 0.3) is 0 Å². The van der Waals surface area contributed by atoms with Crippen LogP contribution in [0.15, 0.2) is 0 Å². The van der Waals surface area contributed by atoms with Gasteiger partial charge in [-0.15, -0.1) is 6.42 Å². The van der Waals surface area contributed by atoms with Gasteiger partial charge in [-0.2, -0.15) is 0 Å². The Labute approximate surface area is 149 Å². The monoisotopic (exact) mass is 381 g/mol. The number of likely N-dealkylation sites (N-methyl/N-ethyl adjacent to an activating group) is 1. The highest BCUT2D eigenvalue weighted by molar-refractivity contribution is 7.47. The van der Waals surface area contributed by atoms with Gasteiger partial charge < -0.3 is 24.5 Å². The van der Waals surface area contributed by atoms with Crippen LogP contribution in [-0.4, -0.2) is 80.7 Å². The van der Waals surface area contributed by atoms with Crippen molar-refractivity contribution in [1.29, 1.82) is 0 Å². The Morgan fingerprint density at radius 1 is 1.28 bits per heavy atom. The number of nitrogens with one attached hydrogen (secondary N) is 1. The highest BCUT2D eigenvalue weighted by atomic mass is 31.2. The molecule has 0 aliphatic carbocycles. The first-order valence-corrected chi connectivity index (χ1v) is 9.50. The third-order valence-electron chi connectivity index (χ3n) is 3.00. The van der Waals surface area contributed by atoms with Crippen LogP contribution in [0, 0.1) is 12.3 Å². The fraction of sp³-hybridized carbons (Fsp3) is 0.800. The maximum absolute atomic E-state index is 11.7. The number of quaternary nitrogens is 1. The highest BCUT2D eigenvalue weighted by Gasteiger charge is 2.22. The van der Waals surface area contributed by atoms with Crippen LogP contribution >= 0.6 is 7.82 Å². The molecule has 9 nitrogen and oxygen atoms in total. The molecule has 0 aromatic carbocycles. The van der Waals surface area contributed by atoms with Crippen molar-refractivity contribution in [2.45, 2.75) is 25.4 Å². The van der Waals surface area contributed by atoms with Crippen molar-refractivity contribution in [2.75, 3.05) is 54.1 Å². The lowest BCUT2D eigenvalue weighted by Gasteiger charge is -2.24. The minimum atomic E-state index is -4.06. The summed E-state index contributed by atoms with van der Waals surface area (Å²) in [5.41, 5.74) is 0. The van der Waals surface area contributed by atoms with Crippen molar-refractivity contribution >= 4 is 13.9 Å². The zero-order valence-electron chi connectivity index (χ0n) is 15.1. The fourth-order valence-electron chi connectivity index (χ4n) is 1.63. The maximum Gasteiger partial charge on any atom is 0.472 e. The molecule has 25 heavy (non-hydrogen) atoms. The van der Waals surface area contributed by atoms with E-state index in [2.05, 4.69) is 11.2 Å². The molecule has 146 valence electrons. The van der Waals surface area contributed by atoms with Crippen molar-refractivity contribution in [3.63, 3.8) is 0 Å². The normalized spacial score (nSPS) is 15.0. The predicted molar refractivity (Wildman–Crippen MR) is 92.7 cm³/mol. The maximum atomic E-state index is 11.7. The SMILES string of the molecule is C#CCNC(=O)OC(CO)CCCCOP(=O)(O)OCC[N+](C)(C)C. The molecule has 2 unspecified atom stereocenters. The summed E-state index contributed by atoms with van der Waals surface area (Å²) in [5, 5.41) is 11.5. The molecule has 0 fully saturated rings. The molecule has 0 heterocycles. The summed E-state index contributed by atoms with van der Waals surface area (Å²) in [6, 6.07) is 0. The number of amides is 1. The number of carbonyl (C=O) groups excluding carboxylic acids is 1. The number of carbonyl (C=O) groups is 1. The van der Waals surface area contributed by atoms with E-state index in [4.69, 9.17) is 25.3 Å². The summed E-state index contributed by atoms with van der Waals surface area (Å²) in [7, 11) is 1.77. The summed E-state index contributed by atoms with van der Waals surface area (Å²) >= 11 is 0. The van der Waals surface area contributed by atoms with Gasteiger partial charge in [-0.1, -0.05) is 5.92 Å². The first kappa shape index (κ1) is 23.9. The number of aliphatic hydroxyl groups is 1. The molecular formula is C15H30N2O7P+. The van der Waals surface area contributed by atoms with E-state index < -0.39 is 20.0 Å². The van der Waals surface area contributed by atoms with E-state index in [0.717, 1.165) is 0 Å². The average molecular weight is 381 g/mol. The summed E-state index contributed by atoms with van der Waals surface area (Å²) < 4.78 is 27.0. The van der Waals surface area contributed by atoms with Crippen molar-refractivity contribution < 1.29 is 37.6 Å². The summed E-state index contributed by atoms with van der Waals surface area (Å²) in [6.45, 7) is 0.441. The van der Waals surface area contributed by atoms with Crippen molar-refractivity contribution in [1.82, 2.24) is 5.32 Å². The smallest absolute Gasteiger partial charge is 0.444 e. The molecule has 10 heteroatoms. The second kappa shape index (κ2) is 12.3. The van der Waals surface area contributed by atoms with E-state index in [9.17, 15) is 14.3 Å². The predicted octanol–water partition coefficient (Wildman–Crippen LogP) is 0.717. The molecule has 3 N–H and O–H groups in total. The number of hydrogen-bond acceptors (Lipinski definition) is 6. The van der Waals surface area contributed by atoms with E-state index in [0.29, 0.717) is 30.3 Å². The molecular weight excluding hydrogens is 351 g/mol. The number of nitrogens with zero attached hydrogens (tertiary/aromatic N) is 1. The molecule has 0 aliphatic rings. The van der Waals surface area contributed by atoms with Crippen LogP contribution in [0.4, 0.5) is 4.79 Å². The van der Waals surface area contributed by atoms with Crippen molar-refractivity contribution in [2.24, 2.45) is 0 Å². The summed E-state index contributed by atoms with van der Waals surface area (Å²) in [5.74, 6) is 2.23. The standard InChI is InChI=1S/C15H29N2O7P/c1-5-9-16-15(19)24-14(13-18)8-6-7-11-22-25(20,21)23-12-10-17(2,3)4/h1,14,18H,6-13H2,2-4H3,(H-,16,19,20,21)/p+1. The molecule has 0 spiro atoms. The molecule has 0 aromatic rings. The lowest BCUT2D eigenvalue weighted by atomic mass is 10.2. The fourth-order valence-corrected chi connectivity index (χ4v) is 2.37. The molecule has 2 atom stereocenters. The minimum Gasteiger partial charge on any atom is -0.444 e. The lowest BCUT2D eigenvalue weighted by Crippen LogP contribution is -2.37. The molecule has 0 aliphatic heterocycles. The van der Waals surface area contributed by atoms with Gasteiger partial charge in [0.15, 0.2) is 0 Å². The summed E-state index contributed by atoms with van der Waals surface area (Å²) in [4.78, 5) is 20.8. The zero-order chi connectivity index (χ0) is 19.3. The zero-order valence-corrected chi connectivity index (χ0v) is 16.0. The Morgan fingerprint density at radius 2 is 1.92 bits per heavy atom. The third kappa shape index (κ3) is 14.9. The largest absolute Gasteiger partial charge is 0.472 e. The Balaban J connectivity index is 3.89. The molecule has 0 saturated heterocycles. The first-order valence-electron chi connectivity index (χ1n) is 8.01. The molecule has 0 bridgehead atoms. The van der Waals surface area contributed by atoms with Crippen LogP contribution in [0.5, 0.6) is 0 Å². The lowest BCUT2D eigenvalue weighted by molar-refractivity contribution is -0.870. The van der Waals surface area contributed by atoms with Crippen molar-refractivity contribution in [3.05, 3.63) is 0 Å². The Bertz CT molecular complexity index is 473. The number of phosphoric ester groups is 1. The molecule has 0 aromatic heterocycles. The van der Waals surface area contributed by atoms with Crippen molar-refractivity contribution in [3.8, 4) is 12.3 Å². The summed E-state index contributed by atoms with van der Waals surface area (Å²) in [6.07, 6.45) is 5.02. The van der Waals surface area contributed by atoms with E-state index in [1.54, 1.807) is 0 Å². The minimum absolute atomic E-state index is 0.0274. The third-order valence-corrected chi connectivity index (χ3v) is 4.02. The number of aliphatic hydroxyl groups excluding tert-OH is 1. The Hall–Kier alpha value is -1.14. The van der Waals surface area contributed by atoms with Gasteiger partial charge in [-0.3, -0.25) is 9.05 Å². The number of terminal acetylenes is 1. The van der Waals surface area contributed by atoms with Crippen LogP contribution in [0.3, 0.4) is 0 Å².